The van der Waals surface area contributed by atoms with Gasteiger partial charge in [-0.15, -0.1) is 0 Å². The standard InChI is InChI=1S/C23H30N4O2/c1-3-4-10-18-13-21(25-24-18)23(29)26-12-11-22-20(14-26)19(15-27(22)16(2)28)17-8-6-5-7-9-17/h5-9,13,19-20,22H,3-4,10-12,14-15H2,1-2H3,(H,24,25)/t19-,20-,22-/m1/s1. The van der Waals surface area contributed by atoms with Gasteiger partial charge in [0.25, 0.3) is 5.91 Å². The minimum atomic E-state index is -0.00413. The van der Waals surface area contributed by atoms with Crippen LogP contribution in [0.25, 0.3) is 0 Å². The smallest absolute Gasteiger partial charge is 0.274 e. The van der Waals surface area contributed by atoms with E-state index in [1.165, 1.54) is 5.56 Å². The molecular formula is C23H30N4O2. The number of aryl methyl sites for hydroxylation is 1. The van der Waals surface area contributed by atoms with Gasteiger partial charge in [0, 0.05) is 50.1 Å². The van der Waals surface area contributed by atoms with Crippen LogP contribution in [0.1, 0.15) is 60.8 Å². The van der Waals surface area contributed by atoms with E-state index in [-0.39, 0.29) is 29.7 Å². The van der Waals surface area contributed by atoms with Crippen LogP contribution in [0.5, 0.6) is 0 Å². The van der Waals surface area contributed by atoms with Crippen molar-refractivity contribution in [3.05, 3.63) is 53.3 Å². The quantitative estimate of drug-likeness (QED) is 0.846. The number of benzene rings is 1. The van der Waals surface area contributed by atoms with Gasteiger partial charge in [0.2, 0.25) is 5.91 Å². The van der Waals surface area contributed by atoms with Gasteiger partial charge >= 0.3 is 0 Å². The van der Waals surface area contributed by atoms with Crippen LogP contribution in [0.2, 0.25) is 0 Å². The summed E-state index contributed by atoms with van der Waals surface area (Å²) < 4.78 is 0. The molecule has 2 aliphatic rings. The number of hydrogen-bond acceptors (Lipinski definition) is 3. The lowest BCUT2D eigenvalue weighted by atomic mass is 9.81. The highest BCUT2D eigenvalue weighted by atomic mass is 16.2. The molecule has 3 heterocycles. The molecule has 6 heteroatoms. The Morgan fingerprint density at radius 1 is 1.21 bits per heavy atom. The molecule has 1 aromatic heterocycles. The van der Waals surface area contributed by atoms with E-state index in [9.17, 15) is 9.59 Å². The SMILES string of the molecule is CCCCc1cc(C(=O)N2CC[C@@H]3[C@H](C2)[C@@H](c2ccccc2)CN3C(C)=O)n[nH]1. The number of nitrogens with zero attached hydrogens (tertiary/aromatic N) is 3. The number of H-pyrrole nitrogens is 1. The summed E-state index contributed by atoms with van der Waals surface area (Å²) in [4.78, 5) is 29.3. The molecule has 1 aromatic carbocycles. The van der Waals surface area contributed by atoms with Crippen molar-refractivity contribution in [3.63, 3.8) is 0 Å². The first-order valence-electron chi connectivity index (χ1n) is 10.7. The molecule has 2 amide bonds. The van der Waals surface area contributed by atoms with Crippen molar-refractivity contribution in [2.45, 2.75) is 51.5 Å². The lowest BCUT2D eigenvalue weighted by Crippen LogP contribution is -2.49. The molecule has 2 saturated heterocycles. The zero-order chi connectivity index (χ0) is 20.4. The molecule has 154 valence electrons. The highest BCUT2D eigenvalue weighted by molar-refractivity contribution is 5.92. The second-order valence-corrected chi connectivity index (χ2v) is 8.34. The third kappa shape index (κ3) is 3.93. The topological polar surface area (TPSA) is 69.3 Å². The number of aromatic nitrogens is 2. The molecule has 2 aliphatic heterocycles. The number of carbonyl (C=O) groups is 2. The third-order valence-electron chi connectivity index (χ3n) is 6.50. The van der Waals surface area contributed by atoms with Crippen LogP contribution in [0.15, 0.2) is 36.4 Å². The summed E-state index contributed by atoms with van der Waals surface area (Å²) in [7, 11) is 0. The maximum atomic E-state index is 13.1. The van der Waals surface area contributed by atoms with E-state index in [2.05, 4.69) is 29.3 Å². The highest BCUT2D eigenvalue weighted by Crippen LogP contribution is 2.41. The molecule has 0 aliphatic carbocycles. The van der Waals surface area contributed by atoms with Crippen LogP contribution in [0.4, 0.5) is 0 Å². The van der Waals surface area contributed by atoms with Crippen molar-refractivity contribution < 1.29 is 9.59 Å². The number of likely N-dealkylation sites (tertiary alicyclic amines) is 2. The Bertz CT molecular complexity index is 863. The summed E-state index contributed by atoms with van der Waals surface area (Å²) >= 11 is 0. The molecular weight excluding hydrogens is 364 g/mol. The molecule has 1 N–H and O–H groups in total. The second kappa shape index (κ2) is 8.39. The van der Waals surface area contributed by atoms with E-state index in [0.717, 1.165) is 37.9 Å². The van der Waals surface area contributed by atoms with Crippen molar-refractivity contribution >= 4 is 11.8 Å². The average Bonchev–Trinajstić information content (AvgIpc) is 3.37. The van der Waals surface area contributed by atoms with E-state index in [1.807, 2.05) is 34.1 Å². The number of hydrogen-bond donors (Lipinski definition) is 1. The van der Waals surface area contributed by atoms with E-state index >= 15 is 0 Å². The summed E-state index contributed by atoms with van der Waals surface area (Å²) in [6, 6.07) is 12.5. The number of unbranched alkanes of at least 4 members (excludes halogenated alkanes) is 1. The van der Waals surface area contributed by atoms with E-state index < -0.39 is 0 Å². The number of piperidine rings is 1. The first kappa shape index (κ1) is 19.7. The van der Waals surface area contributed by atoms with Gasteiger partial charge < -0.3 is 9.80 Å². The minimum Gasteiger partial charge on any atom is -0.339 e. The Morgan fingerprint density at radius 2 is 2.00 bits per heavy atom. The molecule has 2 aromatic rings. The van der Waals surface area contributed by atoms with Gasteiger partial charge in [-0.05, 0) is 30.9 Å². The summed E-state index contributed by atoms with van der Waals surface area (Å²) in [5.41, 5.74) is 2.78. The Morgan fingerprint density at radius 3 is 2.72 bits per heavy atom. The largest absolute Gasteiger partial charge is 0.339 e. The second-order valence-electron chi connectivity index (χ2n) is 8.34. The summed E-state index contributed by atoms with van der Waals surface area (Å²) in [5.74, 6) is 0.652. The monoisotopic (exact) mass is 394 g/mol. The Labute approximate surface area is 172 Å². The zero-order valence-corrected chi connectivity index (χ0v) is 17.3. The summed E-state index contributed by atoms with van der Waals surface area (Å²) in [6.45, 7) is 5.89. The Kier molecular flexibility index (Phi) is 5.69. The maximum Gasteiger partial charge on any atom is 0.274 e. The van der Waals surface area contributed by atoms with Crippen LogP contribution >= 0.6 is 0 Å². The van der Waals surface area contributed by atoms with Gasteiger partial charge in [0.15, 0.2) is 0 Å². The lowest BCUT2D eigenvalue weighted by molar-refractivity contribution is -0.130. The highest BCUT2D eigenvalue weighted by Gasteiger charge is 2.47. The van der Waals surface area contributed by atoms with Crippen LogP contribution in [-0.4, -0.2) is 57.5 Å². The van der Waals surface area contributed by atoms with Crippen molar-refractivity contribution in [2.24, 2.45) is 5.92 Å². The van der Waals surface area contributed by atoms with Crippen LogP contribution in [0.3, 0.4) is 0 Å². The van der Waals surface area contributed by atoms with Gasteiger partial charge in [-0.1, -0.05) is 43.7 Å². The normalized spacial score (nSPS) is 23.9. The van der Waals surface area contributed by atoms with Gasteiger partial charge in [-0.3, -0.25) is 14.7 Å². The first-order chi connectivity index (χ1) is 14.1. The van der Waals surface area contributed by atoms with E-state index in [0.29, 0.717) is 18.8 Å². The first-order valence-corrected chi connectivity index (χ1v) is 10.7. The number of carbonyl (C=O) groups excluding carboxylic acids is 2. The summed E-state index contributed by atoms with van der Waals surface area (Å²) in [5, 5.41) is 7.28. The summed E-state index contributed by atoms with van der Waals surface area (Å²) in [6.07, 6.45) is 3.95. The molecule has 4 rings (SSSR count). The fourth-order valence-corrected chi connectivity index (χ4v) is 4.96. The fraction of sp³-hybridized carbons (Fsp3) is 0.522. The van der Waals surface area contributed by atoms with Crippen molar-refractivity contribution in [1.29, 1.82) is 0 Å². The van der Waals surface area contributed by atoms with E-state index in [1.54, 1.807) is 6.92 Å². The average molecular weight is 395 g/mol. The molecule has 6 nitrogen and oxygen atoms in total. The number of rotatable bonds is 5. The predicted octanol–water partition coefficient (Wildman–Crippen LogP) is 3.23. The molecule has 0 saturated carbocycles. The van der Waals surface area contributed by atoms with Crippen LogP contribution in [0, 0.1) is 5.92 Å². The number of aromatic amines is 1. The number of nitrogens with one attached hydrogen (secondary N) is 1. The third-order valence-corrected chi connectivity index (χ3v) is 6.50. The Balaban J connectivity index is 1.52. The molecule has 0 unspecified atom stereocenters. The number of amides is 2. The van der Waals surface area contributed by atoms with Crippen molar-refractivity contribution in [3.8, 4) is 0 Å². The van der Waals surface area contributed by atoms with E-state index in [4.69, 9.17) is 0 Å². The molecule has 2 fully saturated rings. The van der Waals surface area contributed by atoms with Crippen molar-refractivity contribution in [2.75, 3.05) is 19.6 Å². The molecule has 0 spiro atoms. The predicted molar refractivity (Wildman–Crippen MR) is 112 cm³/mol. The van der Waals surface area contributed by atoms with Crippen molar-refractivity contribution in [1.82, 2.24) is 20.0 Å². The lowest BCUT2D eigenvalue weighted by Gasteiger charge is -2.38. The van der Waals surface area contributed by atoms with Gasteiger partial charge in [0.05, 0.1) is 0 Å². The zero-order valence-electron chi connectivity index (χ0n) is 17.3. The van der Waals surface area contributed by atoms with Gasteiger partial charge in [-0.25, -0.2) is 0 Å². The maximum absolute atomic E-state index is 13.1. The molecule has 29 heavy (non-hydrogen) atoms. The fourth-order valence-electron chi connectivity index (χ4n) is 4.96. The minimum absolute atomic E-state index is 0.00413. The molecule has 0 radical (unpaired) electrons. The molecule has 3 atom stereocenters. The van der Waals surface area contributed by atoms with Crippen LogP contribution < -0.4 is 0 Å². The van der Waals surface area contributed by atoms with Gasteiger partial charge in [-0.2, -0.15) is 5.10 Å². The van der Waals surface area contributed by atoms with Crippen LogP contribution in [-0.2, 0) is 11.2 Å². The van der Waals surface area contributed by atoms with Gasteiger partial charge in [0.1, 0.15) is 5.69 Å². The molecule has 0 bridgehead atoms. The Hall–Kier alpha value is -2.63. The number of fused-ring (bicyclic) bond motifs is 1.